The van der Waals surface area contributed by atoms with E-state index in [-0.39, 0.29) is 34.2 Å². The molecule has 1 saturated heterocycles. The van der Waals surface area contributed by atoms with Gasteiger partial charge in [0.05, 0.1) is 0 Å². The van der Waals surface area contributed by atoms with E-state index >= 15 is 0 Å². The number of rotatable bonds is 2. The molecule has 10 heavy (non-hydrogen) atoms. The van der Waals surface area contributed by atoms with Crippen LogP contribution in [0.1, 0.15) is 0 Å². The summed E-state index contributed by atoms with van der Waals surface area (Å²) < 4.78 is 7.68. The fourth-order valence-corrected chi connectivity index (χ4v) is 2.46. The number of halogens is 1. The molecule has 62 valence electrons. The van der Waals surface area contributed by atoms with Crippen molar-refractivity contribution >= 4 is 0 Å². The molecule has 1 fully saturated rings. The van der Waals surface area contributed by atoms with E-state index in [0.29, 0.717) is 0 Å². The summed E-state index contributed by atoms with van der Waals surface area (Å²) in [5.74, 6) is 0. The molecular formula is C6H13INO2-. The van der Waals surface area contributed by atoms with Crippen molar-refractivity contribution < 1.29 is 31.3 Å². The molecule has 0 amide bonds. The molecule has 0 saturated carbocycles. The molecule has 1 rings (SSSR count). The zero-order chi connectivity index (χ0) is 7.40. The van der Waals surface area contributed by atoms with Gasteiger partial charge in [-0.15, -0.1) is 0 Å². The van der Waals surface area contributed by atoms with Crippen LogP contribution in [-0.2, 0) is 4.74 Å². The SMILES string of the molecule is C[I-]N1CCO[C@H](CO)C1. The molecule has 1 atom stereocenters. The zero-order valence-electron chi connectivity index (χ0n) is 6.09. The fourth-order valence-electron chi connectivity index (χ4n) is 0.947. The molecule has 3 nitrogen and oxygen atoms in total. The Bertz CT molecular complexity index is 91.7. The molecule has 0 aromatic carbocycles. The molecule has 1 aliphatic rings. The first kappa shape index (κ1) is 8.70. The molecule has 0 spiro atoms. The summed E-state index contributed by atoms with van der Waals surface area (Å²) in [5.41, 5.74) is 0. The second-order valence-corrected chi connectivity index (χ2v) is 4.54. The van der Waals surface area contributed by atoms with Crippen LogP contribution in [-0.4, -0.2) is 45.6 Å². The standard InChI is InChI=1S/C6H13INO2/c1-7-8-2-3-10-6(4-8)5-9/h6,9H,2-5H2,1H3/q-1/t6-/m0/s1. The van der Waals surface area contributed by atoms with Crippen LogP contribution >= 0.6 is 0 Å². The number of hydrogen-bond acceptors (Lipinski definition) is 3. The molecule has 1 aliphatic heterocycles. The quantitative estimate of drug-likeness (QED) is 0.314. The second-order valence-electron chi connectivity index (χ2n) is 2.21. The summed E-state index contributed by atoms with van der Waals surface area (Å²) in [7, 11) is 0. The van der Waals surface area contributed by atoms with E-state index in [2.05, 4.69) is 8.04 Å². The molecule has 4 heteroatoms. The molecule has 0 unspecified atom stereocenters. The maximum absolute atomic E-state index is 8.76. The Morgan fingerprint density at radius 3 is 3.20 bits per heavy atom. The average molecular weight is 258 g/mol. The van der Waals surface area contributed by atoms with Crippen LogP contribution in [0.2, 0.25) is 0 Å². The number of nitrogens with zero attached hydrogens (tertiary/aromatic N) is 1. The number of aliphatic hydroxyl groups excluding tert-OH is 1. The second kappa shape index (κ2) is 4.48. The van der Waals surface area contributed by atoms with Crippen LogP contribution in [0.15, 0.2) is 0 Å². The normalized spacial score (nSPS) is 29.2. The van der Waals surface area contributed by atoms with Crippen LogP contribution in [0.3, 0.4) is 0 Å². The van der Waals surface area contributed by atoms with Gasteiger partial charge in [-0.25, -0.2) is 0 Å². The summed E-state index contributed by atoms with van der Waals surface area (Å²) in [4.78, 5) is 2.23. The van der Waals surface area contributed by atoms with Gasteiger partial charge < -0.3 is 0 Å². The van der Waals surface area contributed by atoms with Gasteiger partial charge in [0.2, 0.25) is 0 Å². The third kappa shape index (κ3) is 2.34. The predicted molar refractivity (Wildman–Crippen MR) is 34.3 cm³/mol. The summed E-state index contributed by atoms with van der Waals surface area (Å²) in [6, 6.07) is 0. The van der Waals surface area contributed by atoms with E-state index in [1.54, 1.807) is 0 Å². The first-order chi connectivity index (χ1) is 4.86. The fraction of sp³-hybridized carbons (Fsp3) is 1.00. The van der Waals surface area contributed by atoms with E-state index in [1.165, 1.54) is 0 Å². The Kier molecular flexibility index (Phi) is 3.90. The van der Waals surface area contributed by atoms with Crippen molar-refractivity contribution in [3.8, 4) is 0 Å². The minimum atomic E-state index is 0.0772. The van der Waals surface area contributed by atoms with Gasteiger partial charge in [-0.3, -0.25) is 0 Å². The monoisotopic (exact) mass is 258 g/mol. The first-order valence-corrected chi connectivity index (χ1v) is 6.46. The van der Waals surface area contributed by atoms with Crippen molar-refractivity contribution in [2.24, 2.45) is 0 Å². The van der Waals surface area contributed by atoms with E-state index < -0.39 is 0 Å². The van der Waals surface area contributed by atoms with Crippen molar-refractivity contribution in [2.45, 2.75) is 6.10 Å². The number of hydrogen-bond donors (Lipinski definition) is 1. The van der Waals surface area contributed by atoms with Crippen molar-refractivity contribution in [3.63, 3.8) is 0 Å². The van der Waals surface area contributed by atoms with Crippen LogP contribution in [0, 0.1) is 0 Å². The number of ether oxygens (including phenoxy) is 1. The molecule has 0 aromatic heterocycles. The predicted octanol–water partition coefficient (Wildman–Crippen LogP) is -3.69. The Morgan fingerprint density at radius 1 is 1.80 bits per heavy atom. The summed E-state index contributed by atoms with van der Waals surface area (Å²) in [6.07, 6.45) is 0.0772. The van der Waals surface area contributed by atoms with E-state index in [4.69, 9.17) is 9.84 Å². The molecule has 0 bridgehead atoms. The summed E-state index contributed by atoms with van der Waals surface area (Å²) >= 11 is 0.195. The van der Waals surface area contributed by atoms with Crippen molar-refractivity contribution in [3.05, 3.63) is 0 Å². The number of alkyl halides is 1. The van der Waals surface area contributed by atoms with Gasteiger partial charge >= 0.3 is 71.8 Å². The Labute approximate surface area is 72.0 Å². The number of aliphatic hydroxyl groups is 1. The Balaban J connectivity index is 2.25. The van der Waals surface area contributed by atoms with E-state index in [1.807, 2.05) is 0 Å². The van der Waals surface area contributed by atoms with Crippen LogP contribution in [0.5, 0.6) is 0 Å². The third-order valence-electron chi connectivity index (χ3n) is 1.53. The topological polar surface area (TPSA) is 32.7 Å². The maximum atomic E-state index is 8.76. The van der Waals surface area contributed by atoms with Gasteiger partial charge in [0.1, 0.15) is 0 Å². The van der Waals surface area contributed by atoms with Crippen LogP contribution in [0.4, 0.5) is 0 Å². The molecule has 0 aliphatic carbocycles. The van der Waals surface area contributed by atoms with Gasteiger partial charge in [-0.2, -0.15) is 0 Å². The van der Waals surface area contributed by atoms with Crippen molar-refractivity contribution in [1.29, 1.82) is 0 Å². The van der Waals surface area contributed by atoms with Crippen molar-refractivity contribution in [2.75, 3.05) is 31.2 Å². The van der Waals surface area contributed by atoms with Gasteiger partial charge in [-0.05, 0) is 0 Å². The molecule has 1 N–H and O–H groups in total. The van der Waals surface area contributed by atoms with Gasteiger partial charge in [0.15, 0.2) is 0 Å². The Morgan fingerprint density at radius 2 is 2.60 bits per heavy atom. The van der Waals surface area contributed by atoms with Gasteiger partial charge in [-0.1, -0.05) is 0 Å². The zero-order valence-corrected chi connectivity index (χ0v) is 8.24. The molecule has 0 radical (unpaired) electrons. The average Bonchev–Trinajstić information content (AvgIpc) is 2.05. The van der Waals surface area contributed by atoms with Gasteiger partial charge in [0, 0.05) is 0 Å². The van der Waals surface area contributed by atoms with E-state index in [0.717, 1.165) is 19.7 Å². The van der Waals surface area contributed by atoms with Crippen LogP contribution in [0.25, 0.3) is 0 Å². The van der Waals surface area contributed by atoms with E-state index in [9.17, 15) is 0 Å². The van der Waals surface area contributed by atoms with Gasteiger partial charge in [0.25, 0.3) is 0 Å². The minimum absolute atomic E-state index is 0.0772. The molecule has 1 heterocycles. The van der Waals surface area contributed by atoms with Crippen molar-refractivity contribution in [1.82, 2.24) is 3.11 Å². The van der Waals surface area contributed by atoms with Crippen LogP contribution < -0.4 is 21.5 Å². The molecular weight excluding hydrogens is 245 g/mol. The number of morpholine rings is 1. The summed E-state index contributed by atoms with van der Waals surface area (Å²) in [6.45, 7) is 2.94. The first-order valence-electron chi connectivity index (χ1n) is 3.34. The third-order valence-corrected chi connectivity index (χ3v) is 3.77. The molecule has 0 aromatic rings. The Hall–Kier alpha value is 0.610. The summed E-state index contributed by atoms with van der Waals surface area (Å²) in [5, 5.41) is 8.76.